The smallest absolute Gasteiger partial charge is 0.265 e. The zero-order valence-electron chi connectivity index (χ0n) is 13.5. The first-order chi connectivity index (χ1) is 12.6. The van der Waals surface area contributed by atoms with Gasteiger partial charge in [0.05, 0.1) is 20.8 Å². The molecule has 0 fully saturated rings. The van der Waals surface area contributed by atoms with E-state index in [1.165, 1.54) is 0 Å². The molecule has 2 aromatic heterocycles. The van der Waals surface area contributed by atoms with Crippen molar-refractivity contribution in [2.45, 2.75) is 0 Å². The highest BCUT2D eigenvalue weighted by Crippen LogP contribution is 2.23. The van der Waals surface area contributed by atoms with Gasteiger partial charge in [0.2, 0.25) is 0 Å². The molecule has 0 unspecified atom stereocenters. The van der Waals surface area contributed by atoms with E-state index in [1.807, 2.05) is 48.5 Å². The number of benzene rings is 2. The lowest BCUT2D eigenvalue weighted by atomic mass is 10.2. The van der Waals surface area contributed by atoms with E-state index in [-0.39, 0.29) is 5.91 Å². The third-order valence-corrected chi connectivity index (χ3v) is 4.98. The molecule has 0 aliphatic carbocycles. The van der Waals surface area contributed by atoms with Crippen LogP contribution in [0.3, 0.4) is 0 Å². The zero-order valence-corrected chi connectivity index (χ0v) is 14.3. The number of anilines is 1. The maximum Gasteiger partial charge on any atom is 0.265 e. The number of aromatic nitrogens is 2. The Labute approximate surface area is 152 Å². The van der Waals surface area contributed by atoms with Crippen molar-refractivity contribution in [2.24, 2.45) is 5.73 Å². The van der Waals surface area contributed by atoms with Crippen LogP contribution in [0.2, 0.25) is 0 Å². The predicted octanol–water partition coefficient (Wildman–Crippen LogP) is 3.64. The van der Waals surface area contributed by atoms with Gasteiger partial charge in [-0.15, -0.1) is 11.3 Å². The molecule has 4 N–H and O–H groups in total. The highest BCUT2D eigenvalue weighted by molar-refractivity contribution is 7.16. The van der Waals surface area contributed by atoms with Gasteiger partial charge in [-0.05, 0) is 48.5 Å². The van der Waals surface area contributed by atoms with Crippen LogP contribution in [-0.2, 0) is 0 Å². The average Bonchev–Trinajstić information content (AvgIpc) is 3.29. The Hall–Kier alpha value is -3.45. The van der Waals surface area contributed by atoms with Crippen molar-refractivity contribution in [3.8, 4) is 11.4 Å². The minimum absolute atomic E-state index is 0.279. The number of H-pyrrole nitrogens is 1. The number of thiophene rings is 1. The van der Waals surface area contributed by atoms with Gasteiger partial charge in [0.15, 0.2) is 0 Å². The lowest BCUT2D eigenvalue weighted by molar-refractivity contribution is 0.100. The standard InChI is InChI=1S/C19H14N4O2S/c20-17(24)15-9-10-16(26-15)19(25)21-12-7-5-11(6-8-12)18-22-13-3-1-2-4-14(13)23-18/h1-10H,(H2,20,24)(H,21,25)(H,22,23). The monoisotopic (exact) mass is 362 g/mol. The van der Waals surface area contributed by atoms with Crippen molar-refractivity contribution >= 4 is 39.9 Å². The maximum absolute atomic E-state index is 12.3. The van der Waals surface area contributed by atoms with Crippen LogP contribution in [0.1, 0.15) is 19.3 Å². The molecule has 6 nitrogen and oxygen atoms in total. The molecule has 0 saturated heterocycles. The lowest BCUT2D eigenvalue weighted by Crippen LogP contribution is -2.10. The Bertz CT molecular complexity index is 1080. The molecule has 0 aliphatic rings. The maximum atomic E-state index is 12.3. The summed E-state index contributed by atoms with van der Waals surface area (Å²) in [6.45, 7) is 0. The van der Waals surface area contributed by atoms with Crippen LogP contribution in [0.15, 0.2) is 60.7 Å². The molecule has 0 bridgehead atoms. The number of carbonyl (C=O) groups excluding carboxylic acids is 2. The third-order valence-electron chi connectivity index (χ3n) is 3.88. The number of nitrogens with zero attached hydrogens (tertiary/aromatic N) is 1. The molecule has 26 heavy (non-hydrogen) atoms. The largest absolute Gasteiger partial charge is 0.365 e. The predicted molar refractivity (Wildman–Crippen MR) is 102 cm³/mol. The molecule has 0 aliphatic heterocycles. The summed E-state index contributed by atoms with van der Waals surface area (Å²) in [5.74, 6) is -0.0448. The van der Waals surface area contributed by atoms with Gasteiger partial charge in [-0.3, -0.25) is 9.59 Å². The molecule has 7 heteroatoms. The Morgan fingerprint density at radius 2 is 1.69 bits per heavy atom. The summed E-state index contributed by atoms with van der Waals surface area (Å²) < 4.78 is 0. The van der Waals surface area contributed by atoms with Gasteiger partial charge in [0.1, 0.15) is 5.82 Å². The Balaban J connectivity index is 1.51. The second-order valence-corrected chi connectivity index (χ2v) is 6.75. The lowest BCUT2D eigenvalue weighted by Gasteiger charge is -2.04. The van der Waals surface area contributed by atoms with E-state index >= 15 is 0 Å². The van der Waals surface area contributed by atoms with Crippen LogP contribution >= 0.6 is 11.3 Å². The van der Waals surface area contributed by atoms with Crippen LogP contribution in [-0.4, -0.2) is 21.8 Å². The SMILES string of the molecule is NC(=O)c1ccc(C(=O)Nc2ccc(-c3nc4ccccc4[nH]3)cc2)s1. The van der Waals surface area contributed by atoms with E-state index in [2.05, 4.69) is 15.3 Å². The van der Waals surface area contributed by atoms with Crippen molar-refractivity contribution in [2.75, 3.05) is 5.32 Å². The minimum Gasteiger partial charge on any atom is -0.365 e. The van der Waals surface area contributed by atoms with Gasteiger partial charge >= 0.3 is 0 Å². The Morgan fingerprint density at radius 1 is 0.962 bits per heavy atom. The molecule has 0 saturated carbocycles. The minimum atomic E-state index is -0.538. The highest BCUT2D eigenvalue weighted by Gasteiger charge is 2.12. The number of amides is 2. The number of nitrogens with one attached hydrogen (secondary N) is 2. The topological polar surface area (TPSA) is 101 Å². The Morgan fingerprint density at radius 3 is 2.38 bits per heavy atom. The highest BCUT2D eigenvalue weighted by atomic mass is 32.1. The number of para-hydroxylation sites is 2. The van der Waals surface area contributed by atoms with Crippen molar-refractivity contribution in [3.63, 3.8) is 0 Å². The summed E-state index contributed by atoms with van der Waals surface area (Å²) in [4.78, 5) is 32.0. The fourth-order valence-electron chi connectivity index (χ4n) is 2.59. The number of rotatable bonds is 4. The molecular formula is C19H14N4O2S. The molecule has 0 spiro atoms. The number of carbonyl (C=O) groups is 2. The summed E-state index contributed by atoms with van der Waals surface area (Å²) in [7, 11) is 0. The number of hydrogen-bond acceptors (Lipinski definition) is 4. The summed E-state index contributed by atoms with van der Waals surface area (Å²) in [5.41, 5.74) is 8.67. The van der Waals surface area contributed by atoms with Crippen LogP contribution in [0.5, 0.6) is 0 Å². The van der Waals surface area contributed by atoms with Gasteiger partial charge in [-0.25, -0.2) is 4.98 Å². The summed E-state index contributed by atoms with van der Waals surface area (Å²) in [6, 6.07) is 18.3. The molecule has 2 aromatic carbocycles. The number of imidazole rings is 1. The van der Waals surface area contributed by atoms with E-state index in [4.69, 9.17) is 5.73 Å². The first-order valence-corrected chi connectivity index (χ1v) is 8.68. The molecule has 2 amide bonds. The number of fused-ring (bicyclic) bond motifs is 1. The first kappa shape index (κ1) is 16.0. The number of aromatic amines is 1. The summed E-state index contributed by atoms with van der Waals surface area (Å²) in [6.07, 6.45) is 0. The second kappa shape index (κ2) is 6.45. The number of primary amides is 1. The van der Waals surface area contributed by atoms with Crippen molar-refractivity contribution < 1.29 is 9.59 Å². The van der Waals surface area contributed by atoms with E-state index < -0.39 is 5.91 Å². The Kier molecular flexibility index (Phi) is 3.98. The van der Waals surface area contributed by atoms with Crippen LogP contribution in [0.25, 0.3) is 22.4 Å². The molecule has 4 aromatic rings. The van der Waals surface area contributed by atoms with E-state index in [9.17, 15) is 9.59 Å². The molecule has 0 atom stereocenters. The van der Waals surface area contributed by atoms with Gasteiger partial charge in [-0.1, -0.05) is 12.1 Å². The van der Waals surface area contributed by atoms with Gasteiger partial charge in [-0.2, -0.15) is 0 Å². The van der Waals surface area contributed by atoms with E-state index in [0.717, 1.165) is 33.8 Å². The second-order valence-electron chi connectivity index (χ2n) is 5.66. The average molecular weight is 362 g/mol. The molecular weight excluding hydrogens is 348 g/mol. The van der Waals surface area contributed by atoms with Crippen LogP contribution < -0.4 is 11.1 Å². The zero-order chi connectivity index (χ0) is 18.1. The van der Waals surface area contributed by atoms with E-state index in [1.54, 1.807) is 12.1 Å². The van der Waals surface area contributed by atoms with Crippen LogP contribution in [0.4, 0.5) is 5.69 Å². The fraction of sp³-hybridized carbons (Fsp3) is 0. The quantitative estimate of drug-likeness (QED) is 0.516. The molecule has 0 radical (unpaired) electrons. The van der Waals surface area contributed by atoms with Crippen molar-refractivity contribution in [1.82, 2.24) is 9.97 Å². The summed E-state index contributed by atoms with van der Waals surface area (Å²) in [5, 5.41) is 2.80. The number of hydrogen-bond donors (Lipinski definition) is 3. The van der Waals surface area contributed by atoms with Gasteiger partial charge in [0.25, 0.3) is 11.8 Å². The van der Waals surface area contributed by atoms with Crippen LogP contribution in [0, 0.1) is 0 Å². The normalized spacial score (nSPS) is 10.8. The molecule has 2 heterocycles. The van der Waals surface area contributed by atoms with Gasteiger partial charge in [0, 0.05) is 11.3 Å². The third kappa shape index (κ3) is 3.07. The van der Waals surface area contributed by atoms with Crippen molar-refractivity contribution in [3.05, 3.63) is 70.4 Å². The summed E-state index contributed by atoms with van der Waals surface area (Å²) >= 11 is 1.07. The number of nitrogens with two attached hydrogens (primary N) is 1. The first-order valence-electron chi connectivity index (χ1n) is 7.86. The van der Waals surface area contributed by atoms with Gasteiger partial charge < -0.3 is 16.0 Å². The fourth-order valence-corrected chi connectivity index (χ4v) is 3.34. The van der Waals surface area contributed by atoms with E-state index in [0.29, 0.717) is 15.4 Å². The van der Waals surface area contributed by atoms with Crippen molar-refractivity contribution in [1.29, 1.82) is 0 Å². The molecule has 4 rings (SSSR count). The molecule has 128 valence electrons.